The maximum Gasteiger partial charge on any atom is 0.303 e. The third-order valence-corrected chi connectivity index (χ3v) is 3.87. The Bertz CT molecular complexity index is 432. The van der Waals surface area contributed by atoms with Crippen molar-refractivity contribution < 1.29 is 9.90 Å². The van der Waals surface area contributed by atoms with Gasteiger partial charge in [-0.1, -0.05) is 75.4 Å². The van der Waals surface area contributed by atoms with E-state index in [-0.39, 0.29) is 6.42 Å². The van der Waals surface area contributed by atoms with Gasteiger partial charge in [-0.15, -0.1) is 0 Å². The van der Waals surface area contributed by atoms with Crippen LogP contribution in [0.3, 0.4) is 0 Å². The van der Waals surface area contributed by atoms with Gasteiger partial charge in [0.25, 0.3) is 0 Å². The first kappa shape index (κ1) is 18.5. The van der Waals surface area contributed by atoms with Crippen molar-refractivity contribution >= 4 is 12.0 Å². The summed E-state index contributed by atoms with van der Waals surface area (Å²) < 4.78 is 0. The molecule has 0 saturated carbocycles. The van der Waals surface area contributed by atoms with E-state index >= 15 is 0 Å². The van der Waals surface area contributed by atoms with Crippen molar-refractivity contribution in [2.75, 3.05) is 0 Å². The van der Waals surface area contributed by atoms with Gasteiger partial charge < -0.3 is 5.11 Å². The molecule has 0 aliphatic heterocycles. The van der Waals surface area contributed by atoms with Crippen LogP contribution in [-0.4, -0.2) is 11.1 Å². The predicted molar refractivity (Wildman–Crippen MR) is 94.0 cm³/mol. The summed E-state index contributed by atoms with van der Waals surface area (Å²) in [5.74, 6) is -0.715. The fourth-order valence-electron chi connectivity index (χ4n) is 2.50. The van der Waals surface area contributed by atoms with E-state index in [1.54, 1.807) is 0 Å². The van der Waals surface area contributed by atoms with Crippen molar-refractivity contribution in [3.63, 3.8) is 0 Å². The van der Waals surface area contributed by atoms with Gasteiger partial charge in [0.05, 0.1) is 0 Å². The second-order valence-corrected chi connectivity index (χ2v) is 5.95. The van der Waals surface area contributed by atoms with E-state index in [9.17, 15) is 4.79 Å². The highest BCUT2D eigenvalue weighted by Crippen LogP contribution is 2.12. The number of aryl methyl sites for hydroxylation is 1. The van der Waals surface area contributed by atoms with Gasteiger partial charge in [0, 0.05) is 6.42 Å². The molecular weight excluding hydrogens is 272 g/mol. The normalized spacial score (nSPS) is 11.1. The van der Waals surface area contributed by atoms with Crippen LogP contribution in [0.4, 0.5) is 0 Å². The summed E-state index contributed by atoms with van der Waals surface area (Å²) in [6.07, 6.45) is 15.2. The highest BCUT2D eigenvalue weighted by Gasteiger charge is 1.96. The lowest BCUT2D eigenvalue weighted by atomic mass is 10.0. The van der Waals surface area contributed by atoms with E-state index in [0.29, 0.717) is 6.42 Å². The zero-order chi connectivity index (χ0) is 16.0. The molecule has 0 fully saturated rings. The second-order valence-electron chi connectivity index (χ2n) is 5.95. The van der Waals surface area contributed by atoms with Gasteiger partial charge in [-0.05, 0) is 36.8 Å². The molecule has 0 aliphatic rings. The Hall–Kier alpha value is -1.57. The fraction of sp³-hybridized carbons (Fsp3) is 0.550. The smallest absolute Gasteiger partial charge is 0.303 e. The highest BCUT2D eigenvalue weighted by molar-refractivity contribution is 5.66. The van der Waals surface area contributed by atoms with Crippen LogP contribution < -0.4 is 0 Å². The van der Waals surface area contributed by atoms with E-state index < -0.39 is 5.97 Å². The first-order valence-electron chi connectivity index (χ1n) is 8.69. The first-order chi connectivity index (χ1) is 10.7. The number of carboxylic acids is 1. The zero-order valence-corrected chi connectivity index (χ0v) is 13.9. The second kappa shape index (κ2) is 12.0. The molecule has 0 unspecified atom stereocenters. The topological polar surface area (TPSA) is 37.3 Å². The Labute approximate surface area is 135 Å². The summed E-state index contributed by atoms with van der Waals surface area (Å²) in [7, 11) is 0. The molecule has 0 amide bonds. The minimum atomic E-state index is -0.715. The summed E-state index contributed by atoms with van der Waals surface area (Å²) in [4.78, 5) is 10.4. The Morgan fingerprint density at radius 2 is 1.68 bits per heavy atom. The van der Waals surface area contributed by atoms with Crippen molar-refractivity contribution in [2.24, 2.45) is 0 Å². The van der Waals surface area contributed by atoms with Crippen LogP contribution in [0.5, 0.6) is 0 Å². The number of aliphatic carboxylic acids is 1. The van der Waals surface area contributed by atoms with Crippen LogP contribution in [0.15, 0.2) is 30.3 Å². The molecule has 0 aliphatic carbocycles. The zero-order valence-electron chi connectivity index (χ0n) is 13.9. The molecule has 0 saturated heterocycles. The average molecular weight is 302 g/mol. The van der Waals surface area contributed by atoms with Crippen LogP contribution in [0.25, 0.3) is 6.08 Å². The molecule has 0 bridgehead atoms. The third kappa shape index (κ3) is 9.38. The summed E-state index contributed by atoms with van der Waals surface area (Å²) >= 11 is 0. The lowest BCUT2D eigenvalue weighted by Crippen LogP contribution is -1.92. The van der Waals surface area contributed by atoms with Crippen LogP contribution in [0.2, 0.25) is 0 Å². The molecule has 1 aromatic carbocycles. The summed E-state index contributed by atoms with van der Waals surface area (Å²) in [5, 5.41) is 8.57. The highest BCUT2D eigenvalue weighted by atomic mass is 16.4. The standard InChI is InChI=1S/C20H30O2/c1-2-3-4-5-6-8-11-18-14-16-19(17-15-18)12-9-7-10-13-20(21)22/h9,12,14-17H,2-8,10-11,13H2,1H3,(H,21,22). The van der Waals surface area contributed by atoms with E-state index in [1.165, 1.54) is 56.1 Å². The van der Waals surface area contributed by atoms with Crippen molar-refractivity contribution in [1.29, 1.82) is 0 Å². The molecular formula is C20H30O2. The molecule has 0 heterocycles. The van der Waals surface area contributed by atoms with Gasteiger partial charge >= 0.3 is 5.97 Å². The van der Waals surface area contributed by atoms with Gasteiger partial charge in [0.15, 0.2) is 0 Å². The average Bonchev–Trinajstić information content (AvgIpc) is 2.51. The Balaban J connectivity index is 2.19. The summed E-state index contributed by atoms with van der Waals surface area (Å²) in [5.41, 5.74) is 2.61. The number of unbranched alkanes of at least 4 members (excludes halogenated alkanes) is 6. The van der Waals surface area contributed by atoms with Crippen molar-refractivity contribution in [2.45, 2.75) is 71.1 Å². The summed E-state index contributed by atoms with van der Waals surface area (Å²) in [6, 6.07) is 8.73. The fourth-order valence-corrected chi connectivity index (χ4v) is 2.50. The molecule has 1 N–H and O–H groups in total. The molecule has 22 heavy (non-hydrogen) atoms. The van der Waals surface area contributed by atoms with Crippen molar-refractivity contribution in [3.05, 3.63) is 41.5 Å². The van der Waals surface area contributed by atoms with Crippen LogP contribution >= 0.6 is 0 Å². The predicted octanol–water partition coefficient (Wildman–Crippen LogP) is 5.86. The number of hydrogen-bond donors (Lipinski definition) is 1. The van der Waals surface area contributed by atoms with E-state index in [1.807, 2.05) is 0 Å². The maximum absolute atomic E-state index is 10.4. The van der Waals surface area contributed by atoms with Crippen LogP contribution in [0, 0.1) is 0 Å². The molecule has 2 nitrogen and oxygen atoms in total. The molecule has 0 spiro atoms. The molecule has 2 heteroatoms. The number of carboxylic acid groups (broad SMARTS) is 1. The molecule has 0 radical (unpaired) electrons. The van der Waals surface area contributed by atoms with Gasteiger partial charge in [0.1, 0.15) is 0 Å². The van der Waals surface area contributed by atoms with Gasteiger partial charge in [-0.25, -0.2) is 0 Å². The SMILES string of the molecule is CCCCCCCCc1ccc(C=CCCCC(=O)O)cc1. The maximum atomic E-state index is 10.4. The van der Waals surface area contributed by atoms with Crippen molar-refractivity contribution in [1.82, 2.24) is 0 Å². The molecule has 122 valence electrons. The van der Waals surface area contributed by atoms with Gasteiger partial charge in [-0.2, -0.15) is 0 Å². The van der Waals surface area contributed by atoms with Gasteiger partial charge in [-0.3, -0.25) is 4.79 Å². The van der Waals surface area contributed by atoms with Crippen molar-refractivity contribution in [3.8, 4) is 0 Å². The minimum Gasteiger partial charge on any atom is -0.481 e. The molecule has 0 aromatic heterocycles. The van der Waals surface area contributed by atoms with Crippen LogP contribution in [0.1, 0.15) is 75.8 Å². The van der Waals surface area contributed by atoms with E-state index in [4.69, 9.17) is 5.11 Å². The van der Waals surface area contributed by atoms with E-state index in [0.717, 1.165) is 6.42 Å². The number of benzene rings is 1. The number of carbonyl (C=O) groups is 1. The quantitative estimate of drug-likeness (QED) is 0.491. The molecule has 1 rings (SSSR count). The first-order valence-corrected chi connectivity index (χ1v) is 8.69. The number of hydrogen-bond acceptors (Lipinski definition) is 1. The Morgan fingerprint density at radius 1 is 1.00 bits per heavy atom. The largest absolute Gasteiger partial charge is 0.481 e. The summed E-state index contributed by atoms with van der Waals surface area (Å²) in [6.45, 7) is 2.25. The van der Waals surface area contributed by atoms with E-state index in [2.05, 4.69) is 43.3 Å². The van der Waals surface area contributed by atoms with Crippen LogP contribution in [-0.2, 0) is 11.2 Å². The lowest BCUT2D eigenvalue weighted by Gasteiger charge is -2.03. The third-order valence-electron chi connectivity index (χ3n) is 3.87. The lowest BCUT2D eigenvalue weighted by molar-refractivity contribution is -0.137. The monoisotopic (exact) mass is 302 g/mol. The number of rotatable bonds is 12. The minimum absolute atomic E-state index is 0.252. The molecule has 0 atom stereocenters. The Morgan fingerprint density at radius 3 is 2.36 bits per heavy atom. The van der Waals surface area contributed by atoms with Gasteiger partial charge in [0.2, 0.25) is 0 Å². The number of allylic oxidation sites excluding steroid dienone is 1. The Kier molecular flexibility index (Phi) is 10.1. The molecule has 1 aromatic rings.